The van der Waals surface area contributed by atoms with Crippen molar-refractivity contribution in [2.45, 2.75) is 6.92 Å². The number of para-hydroxylation sites is 1. The minimum Gasteiger partial charge on any atom is -0.355 e. The Morgan fingerprint density at radius 1 is 0.268 bits per heavy atom. The largest absolute Gasteiger partial charge is 0.355 e. The van der Waals surface area contributed by atoms with Gasteiger partial charge in [0.25, 0.3) is 0 Å². The zero-order chi connectivity index (χ0) is 37.4. The Labute approximate surface area is 328 Å². The summed E-state index contributed by atoms with van der Waals surface area (Å²) in [6.07, 6.45) is 0. The van der Waals surface area contributed by atoms with Gasteiger partial charge in [0.15, 0.2) is 0 Å². The zero-order valence-corrected chi connectivity index (χ0v) is 31.2. The molecule has 0 aliphatic carbocycles. The predicted octanol–water partition coefficient (Wildman–Crippen LogP) is 15.5. The van der Waals surface area contributed by atoms with Gasteiger partial charge in [-0.25, -0.2) is 0 Å². The van der Waals surface area contributed by atoms with Crippen LogP contribution in [0.15, 0.2) is 212 Å². The third kappa shape index (κ3) is 6.20. The van der Waals surface area contributed by atoms with Crippen molar-refractivity contribution in [2.24, 2.45) is 0 Å². The number of benzene rings is 10. The van der Waals surface area contributed by atoms with Crippen LogP contribution in [-0.2, 0) is 0 Å². The molecule has 0 fully saturated rings. The van der Waals surface area contributed by atoms with Gasteiger partial charge in [0, 0.05) is 16.9 Å². The molecular weight excluding hydrogens is 675 g/mol. The van der Waals surface area contributed by atoms with E-state index in [9.17, 15) is 0 Å². The normalized spacial score (nSPS) is 11.3. The zero-order valence-electron chi connectivity index (χ0n) is 31.2. The van der Waals surface area contributed by atoms with E-state index in [1.165, 1.54) is 88.0 Å². The van der Waals surface area contributed by atoms with Crippen molar-refractivity contribution in [3.63, 3.8) is 0 Å². The van der Waals surface area contributed by atoms with Gasteiger partial charge in [-0.05, 0) is 143 Å². The summed E-state index contributed by atoms with van der Waals surface area (Å²) in [6, 6.07) is 77.2. The monoisotopic (exact) mass is 713 g/mol. The Morgan fingerprint density at radius 3 is 1.39 bits per heavy atom. The summed E-state index contributed by atoms with van der Waals surface area (Å²) in [7, 11) is 0. The smallest absolute Gasteiger partial charge is 0.0464 e. The van der Waals surface area contributed by atoms with E-state index in [0.29, 0.717) is 0 Å². The molecule has 0 radical (unpaired) electrons. The van der Waals surface area contributed by atoms with Crippen LogP contribution in [0.3, 0.4) is 0 Å². The van der Waals surface area contributed by atoms with Crippen molar-refractivity contribution in [3.05, 3.63) is 218 Å². The maximum atomic E-state index is 3.76. The minimum atomic E-state index is 1.05. The van der Waals surface area contributed by atoms with E-state index in [4.69, 9.17) is 0 Å². The van der Waals surface area contributed by atoms with Crippen LogP contribution in [0.4, 0.5) is 11.4 Å². The fourth-order valence-corrected chi connectivity index (χ4v) is 8.36. The van der Waals surface area contributed by atoms with Crippen LogP contribution in [0.5, 0.6) is 0 Å². The lowest BCUT2D eigenvalue weighted by Gasteiger charge is -2.16. The Morgan fingerprint density at radius 2 is 0.714 bits per heavy atom. The number of hydrogen-bond donors (Lipinski definition) is 1. The van der Waals surface area contributed by atoms with E-state index in [-0.39, 0.29) is 0 Å². The molecular formula is C55H39N. The molecule has 0 unspecified atom stereocenters. The number of anilines is 2. The van der Waals surface area contributed by atoms with Crippen LogP contribution in [0.1, 0.15) is 5.56 Å². The fourth-order valence-electron chi connectivity index (χ4n) is 8.36. The quantitative estimate of drug-likeness (QED) is 0.162. The van der Waals surface area contributed by atoms with E-state index in [1.807, 2.05) is 0 Å². The number of hydrogen-bond acceptors (Lipinski definition) is 1. The molecule has 0 aromatic heterocycles. The third-order valence-electron chi connectivity index (χ3n) is 11.2. The SMILES string of the molecule is Cc1ccccc1-c1ccccc1Nc1cccc(-c2cc(-c3ccccc3)cc(-c3cccc(-c4ccc5c6ccccc6c6ccccc6c5c4)c3)c2)c1. The summed E-state index contributed by atoms with van der Waals surface area (Å²) in [5.41, 5.74) is 15.3. The maximum Gasteiger partial charge on any atom is 0.0464 e. The molecule has 0 heterocycles. The van der Waals surface area contributed by atoms with Gasteiger partial charge in [0.1, 0.15) is 0 Å². The van der Waals surface area contributed by atoms with Crippen molar-refractivity contribution in [2.75, 3.05) is 5.32 Å². The molecule has 1 nitrogen and oxygen atoms in total. The van der Waals surface area contributed by atoms with E-state index in [1.54, 1.807) is 0 Å². The lowest BCUT2D eigenvalue weighted by molar-refractivity contribution is 1.45. The van der Waals surface area contributed by atoms with Gasteiger partial charge in [0.2, 0.25) is 0 Å². The van der Waals surface area contributed by atoms with Gasteiger partial charge in [-0.1, -0.05) is 164 Å². The summed E-state index contributed by atoms with van der Waals surface area (Å²) in [4.78, 5) is 0. The molecule has 264 valence electrons. The highest BCUT2D eigenvalue weighted by atomic mass is 14.9. The summed E-state index contributed by atoms with van der Waals surface area (Å²) < 4.78 is 0. The van der Waals surface area contributed by atoms with Crippen LogP contribution in [0, 0.1) is 6.92 Å². The topological polar surface area (TPSA) is 12.0 Å². The molecule has 56 heavy (non-hydrogen) atoms. The first kappa shape index (κ1) is 33.4. The summed E-state index contributed by atoms with van der Waals surface area (Å²) in [5.74, 6) is 0. The van der Waals surface area contributed by atoms with Crippen molar-refractivity contribution in [1.29, 1.82) is 0 Å². The summed E-state index contributed by atoms with van der Waals surface area (Å²) in [5, 5.41) is 11.5. The average Bonchev–Trinajstić information content (AvgIpc) is 3.27. The molecule has 0 aliphatic heterocycles. The van der Waals surface area contributed by atoms with Crippen molar-refractivity contribution in [3.8, 4) is 55.6 Å². The van der Waals surface area contributed by atoms with E-state index < -0.39 is 0 Å². The molecule has 0 saturated heterocycles. The first-order valence-corrected chi connectivity index (χ1v) is 19.3. The van der Waals surface area contributed by atoms with Crippen LogP contribution in [0.2, 0.25) is 0 Å². The van der Waals surface area contributed by atoms with Gasteiger partial charge in [-0.2, -0.15) is 0 Å². The van der Waals surface area contributed by atoms with Gasteiger partial charge >= 0.3 is 0 Å². The second-order valence-electron chi connectivity index (χ2n) is 14.7. The second-order valence-corrected chi connectivity index (χ2v) is 14.7. The second kappa shape index (κ2) is 14.2. The first-order valence-electron chi connectivity index (χ1n) is 19.3. The van der Waals surface area contributed by atoms with Crippen molar-refractivity contribution in [1.82, 2.24) is 0 Å². The highest BCUT2D eigenvalue weighted by Gasteiger charge is 2.13. The molecule has 0 amide bonds. The fraction of sp³-hybridized carbons (Fsp3) is 0.0182. The molecule has 0 atom stereocenters. The lowest BCUT2D eigenvalue weighted by atomic mass is 9.90. The van der Waals surface area contributed by atoms with Crippen LogP contribution < -0.4 is 5.32 Å². The molecule has 0 aliphatic rings. The molecule has 1 N–H and O–H groups in total. The van der Waals surface area contributed by atoms with Gasteiger partial charge in [-0.15, -0.1) is 0 Å². The average molecular weight is 714 g/mol. The van der Waals surface area contributed by atoms with Gasteiger partial charge in [0.05, 0.1) is 0 Å². The highest BCUT2D eigenvalue weighted by Crippen LogP contribution is 2.40. The Balaban J connectivity index is 1.06. The maximum absolute atomic E-state index is 3.76. The minimum absolute atomic E-state index is 1.05. The molecule has 10 rings (SSSR count). The number of nitrogens with one attached hydrogen (secondary N) is 1. The Bertz CT molecular complexity index is 3030. The molecule has 0 spiro atoms. The van der Waals surface area contributed by atoms with Gasteiger partial charge in [-0.3, -0.25) is 0 Å². The van der Waals surface area contributed by atoms with Crippen molar-refractivity contribution < 1.29 is 0 Å². The number of aryl methyl sites for hydroxylation is 1. The molecule has 10 aromatic carbocycles. The number of fused-ring (bicyclic) bond motifs is 6. The van der Waals surface area contributed by atoms with E-state index >= 15 is 0 Å². The summed E-state index contributed by atoms with van der Waals surface area (Å²) in [6.45, 7) is 2.17. The molecule has 10 aromatic rings. The summed E-state index contributed by atoms with van der Waals surface area (Å²) >= 11 is 0. The molecule has 1 heteroatoms. The molecule has 0 saturated carbocycles. The standard InChI is InChI=1S/C55H39N/c1-37-15-5-6-22-47(37)53-27-11-12-28-55(53)56-46-21-14-20-41(35-46)45-33-43(38-16-3-2-4-17-38)32-44(34-45)40-19-13-18-39(31-40)42-29-30-52-50-25-8-7-23-48(50)49-24-9-10-26-51(49)54(52)36-42/h2-36,56H,1H3. The Hall–Kier alpha value is -7.22. The van der Waals surface area contributed by atoms with E-state index in [2.05, 4.69) is 225 Å². The van der Waals surface area contributed by atoms with Crippen molar-refractivity contribution >= 4 is 43.7 Å². The number of rotatable bonds is 7. The Kier molecular flexibility index (Phi) is 8.46. The van der Waals surface area contributed by atoms with Crippen LogP contribution in [0.25, 0.3) is 88.0 Å². The highest BCUT2D eigenvalue weighted by molar-refractivity contribution is 6.25. The molecule has 0 bridgehead atoms. The van der Waals surface area contributed by atoms with Gasteiger partial charge < -0.3 is 5.32 Å². The lowest BCUT2D eigenvalue weighted by Crippen LogP contribution is -1.95. The van der Waals surface area contributed by atoms with Crippen LogP contribution in [-0.4, -0.2) is 0 Å². The predicted molar refractivity (Wildman–Crippen MR) is 241 cm³/mol. The first-order chi connectivity index (χ1) is 27.7. The third-order valence-corrected chi connectivity index (χ3v) is 11.2. The van der Waals surface area contributed by atoms with Crippen LogP contribution >= 0.6 is 0 Å². The van der Waals surface area contributed by atoms with E-state index in [0.717, 1.165) is 16.9 Å².